The second-order valence-electron chi connectivity index (χ2n) is 4.94. The molecule has 0 unspecified atom stereocenters. The van der Waals surface area contributed by atoms with Gasteiger partial charge in [-0.15, -0.1) is 11.3 Å². The van der Waals surface area contributed by atoms with Crippen molar-refractivity contribution in [3.63, 3.8) is 0 Å². The number of aryl methyl sites for hydroxylation is 1. The van der Waals surface area contributed by atoms with Gasteiger partial charge in [0.25, 0.3) is 5.56 Å². The Kier molecular flexibility index (Phi) is 5.20. The van der Waals surface area contributed by atoms with Crippen LogP contribution in [-0.2, 0) is 11.2 Å². The zero-order valence-corrected chi connectivity index (χ0v) is 13.7. The second-order valence-corrected chi connectivity index (χ2v) is 6.69. The first kappa shape index (κ1) is 16.5. The number of nitrogens with one attached hydrogen (secondary N) is 3. The molecule has 0 fully saturated rings. The zero-order chi connectivity index (χ0) is 16.3. The van der Waals surface area contributed by atoms with Gasteiger partial charge in [0, 0.05) is 22.6 Å². The van der Waals surface area contributed by atoms with Gasteiger partial charge < -0.3 is 10.3 Å². The molecule has 22 heavy (non-hydrogen) atoms. The average Bonchev–Trinajstić information content (AvgIpc) is 2.84. The number of aromatic nitrogens is 2. The van der Waals surface area contributed by atoms with Gasteiger partial charge in [0.15, 0.2) is 0 Å². The topological polar surface area (TPSA) is 94.8 Å². The van der Waals surface area contributed by atoms with Crippen molar-refractivity contribution in [1.29, 1.82) is 0 Å². The van der Waals surface area contributed by atoms with Crippen LogP contribution in [0.4, 0.5) is 0 Å². The van der Waals surface area contributed by atoms with Gasteiger partial charge in [0.1, 0.15) is 0 Å². The maximum Gasteiger partial charge on any atom is 0.325 e. The molecule has 2 aromatic rings. The number of rotatable bonds is 5. The van der Waals surface area contributed by atoms with E-state index in [1.165, 1.54) is 11.3 Å². The van der Waals surface area contributed by atoms with Crippen molar-refractivity contribution in [2.45, 2.75) is 32.7 Å². The lowest BCUT2D eigenvalue weighted by molar-refractivity contribution is -0.121. The Bertz CT molecular complexity index is 793. The van der Waals surface area contributed by atoms with E-state index >= 15 is 0 Å². The maximum atomic E-state index is 12.0. The molecule has 2 rings (SSSR count). The van der Waals surface area contributed by atoms with Crippen molar-refractivity contribution in [2.24, 2.45) is 0 Å². The molecule has 8 heteroatoms. The normalized spacial score (nSPS) is 12.1. The fourth-order valence-electron chi connectivity index (χ4n) is 2.11. The van der Waals surface area contributed by atoms with E-state index in [0.29, 0.717) is 15.6 Å². The minimum atomic E-state index is -0.543. The van der Waals surface area contributed by atoms with Gasteiger partial charge in [-0.3, -0.25) is 14.6 Å². The van der Waals surface area contributed by atoms with Crippen LogP contribution < -0.4 is 16.6 Å². The highest BCUT2D eigenvalue weighted by molar-refractivity contribution is 7.16. The summed E-state index contributed by atoms with van der Waals surface area (Å²) >= 11 is 7.28. The van der Waals surface area contributed by atoms with Crippen LogP contribution in [-0.4, -0.2) is 15.9 Å². The lowest BCUT2D eigenvalue weighted by Crippen LogP contribution is -2.30. The fourth-order valence-corrected chi connectivity index (χ4v) is 3.17. The summed E-state index contributed by atoms with van der Waals surface area (Å²) < 4.78 is 0.673. The van der Waals surface area contributed by atoms with E-state index in [4.69, 9.17) is 11.6 Å². The fraction of sp³-hybridized carbons (Fsp3) is 0.357. The molecule has 0 saturated carbocycles. The maximum absolute atomic E-state index is 12.0. The van der Waals surface area contributed by atoms with Gasteiger partial charge in [0.05, 0.1) is 10.4 Å². The Balaban J connectivity index is 1.96. The Hall–Kier alpha value is -1.86. The van der Waals surface area contributed by atoms with Crippen molar-refractivity contribution >= 4 is 28.8 Å². The second kappa shape index (κ2) is 6.93. The molecule has 1 amide bonds. The Labute approximate surface area is 135 Å². The highest BCUT2D eigenvalue weighted by Gasteiger charge is 2.13. The molecule has 0 aromatic carbocycles. The van der Waals surface area contributed by atoms with Crippen LogP contribution >= 0.6 is 22.9 Å². The van der Waals surface area contributed by atoms with Gasteiger partial charge in [0.2, 0.25) is 5.91 Å². The van der Waals surface area contributed by atoms with Gasteiger partial charge in [-0.2, -0.15) is 0 Å². The third-order valence-corrected chi connectivity index (χ3v) is 4.67. The molecule has 0 aliphatic heterocycles. The molecule has 1 atom stereocenters. The van der Waals surface area contributed by atoms with Crippen molar-refractivity contribution in [3.8, 4) is 0 Å². The molecular weight excluding hydrogens is 326 g/mol. The third kappa shape index (κ3) is 4.08. The number of hydrogen-bond acceptors (Lipinski definition) is 4. The number of amides is 1. The monoisotopic (exact) mass is 341 g/mol. The number of aromatic amines is 2. The Morgan fingerprint density at radius 1 is 1.36 bits per heavy atom. The van der Waals surface area contributed by atoms with Gasteiger partial charge in [-0.25, -0.2) is 4.79 Å². The van der Waals surface area contributed by atoms with Crippen LogP contribution in [0.25, 0.3) is 0 Å². The average molecular weight is 342 g/mol. The Morgan fingerprint density at radius 2 is 2.09 bits per heavy atom. The number of carbonyl (C=O) groups excluding carboxylic acids is 1. The van der Waals surface area contributed by atoms with Crippen LogP contribution in [0.15, 0.2) is 21.7 Å². The summed E-state index contributed by atoms with van der Waals surface area (Å²) in [6.45, 7) is 3.51. The van der Waals surface area contributed by atoms with Crippen LogP contribution in [0.5, 0.6) is 0 Å². The van der Waals surface area contributed by atoms with Crippen molar-refractivity contribution in [3.05, 3.63) is 53.4 Å². The first-order chi connectivity index (χ1) is 10.4. The van der Waals surface area contributed by atoms with Crippen LogP contribution in [0, 0.1) is 6.92 Å². The zero-order valence-electron chi connectivity index (χ0n) is 12.2. The van der Waals surface area contributed by atoms with E-state index < -0.39 is 11.2 Å². The van der Waals surface area contributed by atoms with E-state index in [2.05, 4.69) is 15.3 Å². The van der Waals surface area contributed by atoms with E-state index in [0.717, 1.165) is 4.88 Å². The molecule has 0 bridgehead atoms. The largest absolute Gasteiger partial charge is 0.349 e. The van der Waals surface area contributed by atoms with Crippen LogP contribution in [0.1, 0.15) is 35.5 Å². The summed E-state index contributed by atoms with van der Waals surface area (Å²) in [4.78, 5) is 40.4. The highest BCUT2D eigenvalue weighted by atomic mass is 35.5. The lowest BCUT2D eigenvalue weighted by Gasteiger charge is -2.12. The molecule has 6 nitrogen and oxygen atoms in total. The van der Waals surface area contributed by atoms with Gasteiger partial charge >= 0.3 is 5.69 Å². The molecule has 0 radical (unpaired) electrons. The van der Waals surface area contributed by atoms with E-state index in [-0.39, 0.29) is 24.8 Å². The molecule has 118 valence electrons. The molecular formula is C14H16ClN3O3S. The summed E-state index contributed by atoms with van der Waals surface area (Å²) in [5.41, 5.74) is -0.0905. The van der Waals surface area contributed by atoms with Crippen LogP contribution in [0.3, 0.4) is 0 Å². The minimum Gasteiger partial charge on any atom is -0.349 e. The van der Waals surface area contributed by atoms with Crippen molar-refractivity contribution < 1.29 is 4.79 Å². The Morgan fingerprint density at radius 3 is 2.68 bits per heavy atom. The van der Waals surface area contributed by atoms with E-state index in [9.17, 15) is 14.4 Å². The predicted octanol–water partition coefficient (Wildman–Crippen LogP) is 1.90. The van der Waals surface area contributed by atoms with Crippen molar-refractivity contribution in [2.75, 3.05) is 0 Å². The van der Waals surface area contributed by atoms with E-state index in [1.807, 2.05) is 13.0 Å². The minimum absolute atomic E-state index is 0.139. The summed E-state index contributed by atoms with van der Waals surface area (Å²) in [5.74, 6) is -0.165. The first-order valence-corrected chi connectivity index (χ1v) is 7.93. The number of hydrogen-bond donors (Lipinski definition) is 3. The van der Waals surface area contributed by atoms with Gasteiger partial charge in [-0.1, -0.05) is 11.6 Å². The lowest BCUT2D eigenvalue weighted by atomic mass is 10.1. The summed E-state index contributed by atoms with van der Waals surface area (Å²) in [5, 5.41) is 2.86. The molecule has 2 heterocycles. The summed E-state index contributed by atoms with van der Waals surface area (Å²) in [7, 11) is 0. The summed E-state index contributed by atoms with van der Waals surface area (Å²) in [6.07, 6.45) is 0.432. The number of thiophene rings is 1. The van der Waals surface area contributed by atoms with Crippen LogP contribution in [0.2, 0.25) is 4.34 Å². The quantitative estimate of drug-likeness (QED) is 0.775. The molecule has 3 N–H and O–H groups in total. The van der Waals surface area contributed by atoms with Gasteiger partial charge in [-0.05, 0) is 32.4 Å². The number of halogens is 1. The number of H-pyrrole nitrogens is 2. The smallest absolute Gasteiger partial charge is 0.325 e. The SMILES string of the molecule is Cc1[nH]c(=O)[nH]c(=O)c1CCC(=O)N[C@H](C)c1ccc(Cl)s1. The summed E-state index contributed by atoms with van der Waals surface area (Å²) in [6, 6.07) is 3.52. The predicted molar refractivity (Wildman–Crippen MR) is 86.6 cm³/mol. The van der Waals surface area contributed by atoms with E-state index in [1.54, 1.807) is 13.0 Å². The first-order valence-electron chi connectivity index (χ1n) is 6.73. The molecule has 0 spiro atoms. The van der Waals surface area contributed by atoms with Crippen molar-refractivity contribution in [1.82, 2.24) is 15.3 Å². The molecule has 0 saturated heterocycles. The number of carbonyl (C=O) groups is 1. The molecule has 0 aliphatic carbocycles. The highest BCUT2D eigenvalue weighted by Crippen LogP contribution is 2.26. The molecule has 2 aromatic heterocycles. The standard InChI is InChI=1S/C14H16ClN3O3S/c1-7-9(13(20)18-14(21)17-7)3-6-12(19)16-8(2)10-4-5-11(15)22-10/h4-5,8H,3,6H2,1-2H3,(H,16,19)(H2,17,18,20,21)/t8-/m1/s1. The molecule has 0 aliphatic rings. The third-order valence-electron chi connectivity index (χ3n) is 3.26.